The van der Waals surface area contributed by atoms with Crippen molar-refractivity contribution in [2.45, 2.75) is 118 Å². The van der Waals surface area contributed by atoms with Gasteiger partial charge in [0.25, 0.3) is 0 Å². The Labute approximate surface area is 202 Å². The minimum atomic E-state index is -0.629. The second-order valence-electron chi connectivity index (χ2n) is 14.0. The van der Waals surface area contributed by atoms with Gasteiger partial charge in [-0.1, -0.05) is 57.9 Å². The molecule has 0 bridgehead atoms. The molecular formula is C30H48O3. The molecule has 0 unspecified atom stereocenters. The fourth-order valence-corrected chi connectivity index (χ4v) is 9.99. The monoisotopic (exact) mass is 456 g/mol. The van der Waals surface area contributed by atoms with Gasteiger partial charge in [0.1, 0.15) is 0 Å². The molecule has 0 aromatic heterocycles. The van der Waals surface area contributed by atoms with Gasteiger partial charge in [-0.05, 0) is 105 Å². The predicted molar refractivity (Wildman–Crippen MR) is 133 cm³/mol. The van der Waals surface area contributed by atoms with E-state index < -0.39 is 6.29 Å². The van der Waals surface area contributed by atoms with Gasteiger partial charge < -0.3 is 14.9 Å². The van der Waals surface area contributed by atoms with Crippen molar-refractivity contribution in [2.24, 2.45) is 45.3 Å². The van der Waals surface area contributed by atoms with Crippen molar-refractivity contribution < 1.29 is 14.9 Å². The Bertz CT molecular complexity index is 853. The van der Waals surface area contributed by atoms with Gasteiger partial charge >= 0.3 is 0 Å². The third kappa shape index (κ3) is 3.24. The lowest BCUT2D eigenvalue weighted by atomic mass is 9.41. The zero-order chi connectivity index (χ0) is 24.0. The molecule has 1 saturated heterocycles. The summed E-state index contributed by atoms with van der Waals surface area (Å²) in [7, 11) is 0. The van der Waals surface area contributed by atoms with E-state index in [-0.39, 0.29) is 34.4 Å². The van der Waals surface area contributed by atoms with Crippen LogP contribution in [0.4, 0.5) is 0 Å². The standard InChI is InChI=1S/C30H48O3/c1-18(2)16-19-17-20(26(32)33-19)21-10-14-30(7)23-8-9-24-27(3,4)25(31)12-13-28(24,5)22(23)11-15-29(21,30)6/h8,16,19-22,24-26,31-32H,9-15,17H2,1-7H3/t19-,20-,21-,22-,24-,25-,26+,28+,29-,30+/m0/s1. The fourth-order valence-electron chi connectivity index (χ4n) is 9.99. The molecule has 0 amide bonds. The highest BCUT2D eigenvalue weighted by Crippen LogP contribution is 2.73. The number of hydrogen-bond donors (Lipinski definition) is 2. The molecule has 5 rings (SSSR count). The van der Waals surface area contributed by atoms with Gasteiger partial charge in [0.05, 0.1) is 12.2 Å². The average molecular weight is 457 g/mol. The molecule has 4 aliphatic carbocycles. The Morgan fingerprint density at radius 1 is 1.00 bits per heavy atom. The molecule has 2 N–H and O–H groups in total. The summed E-state index contributed by atoms with van der Waals surface area (Å²) in [4.78, 5) is 0. The summed E-state index contributed by atoms with van der Waals surface area (Å²) in [5, 5.41) is 21.8. The molecule has 3 heteroatoms. The van der Waals surface area contributed by atoms with E-state index in [0.717, 1.165) is 25.7 Å². The van der Waals surface area contributed by atoms with Crippen molar-refractivity contribution in [1.29, 1.82) is 0 Å². The Kier molecular flexibility index (Phi) is 5.60. The van der Waals surface area contributed by atoms with E-state index in [9.17, 15) is 10.2 Å². The first-order chi connectivity index (χ1) is 15.3. The number of aliphatic hydroxyl groups is 2. The summed E-state index contributed by atoms with van der Waals surface area (Å²) < 4.78 is 6.02. The maximum Gasteiger partial charge on any atom is 0.158 e. The summed E-state index contributed by atoms with van der Waals surface area (Å²) in [6, 6.07) is 0. The van der Waals surface area contributed by atoms with E-state index in [0.29, 0.717) is 23.2 Å². The summed E-state index contributed by atoms with van der Waals surface area (Å²) in [5.41, 5.74) is 3.71. The zero-order valence-corrected chi connectivity index (χ0v) is 22.2. The molecule has 0 aromatic carbocycles. The predicted octanol–water partition coefficient (Wildman–Crippen LogP) is 6.64. The molecule has 0 aromatic rings. The number of fused-ring (bicyclic) bond motifs is 5. The molecule has 1 heterocycles. The van der Waals surface area contributed by atoms with Crippen LogP contribution in [-0.2, 0) is 4.74 Å². The first-order valence-electron chi connectivity index (χ1n) is 13.7. The highest BCUT2D eigenvalue weighted by molar-refractivity contribution is 5.33. The maximum atomic E-state index is 10.9. The quantitative estimate of drug-likeness (QED) is 0.458. The second-order valence-corrected chi connectivity index (χ2v) is 14.0. The van der Waals surface area contributed by atoms with Gasteiger partial charge in [0, 0.05) is 5.92 Å². The van der Waals surface area contributed by atoms with Gasteiger partial charge in [-0.15, -0.1) is 0 Å². The highest BCUT2D eigenvalue weighted by Gasteiger charge is 2.66. The van der Waals surface area contributed by atoms with Crippen molar-refractivity contribution in [3.05, 3.63) is 23.3 Å². The molecule has 0 spiro atoms. The van der Waals surface area contributed by atoms with E-state index >= 15 is 0 Å². The Balaban J connectivity index is 1.46. The third-order valence-corrected chi connectivity index (χ3v) is 12.1. The van der Waals surface area contributed by atoms with E-state index in [4.69, 9.17) is 4.74 Å². The van der Waals surface area contributed by atoms with Crippen molar-refractivity contribution in [3.63, 3.8) is 0 Å². The molecule has 0 radical (unpaired) electrons. The topological polar surface area (TPSA) is 49.7 Å². The number of aliphatic hydroxyl groups excluding tert-OH is 2. The maximum absolute atomic E-state index is 10.9. The second kappa shape index (κ2) is 7.68. The number of allylic oxidation sites excluding steroid dienone is 3. The van der Waals surface area contributed by atoms with Crippen LogP contribution in [0, 0.1) is 45.3 Å². The molecular weight excluding hydrogens is 408 g/mol. The molecule has 10 atom stereocenters. The van der Waals surface area contributed by atoms with Crippen LogP contribution in [0.1, 0.15) is 99.8 Å². The van der Waals surface area contributed by atoms with Crippen LogP contribution in [-0.4, -0.2) is 28.7 Å². The summed E-state index contributed by atoms with van der Waals surface area (Å²) in [6.45, 7) is 16.5. The number of rotatable bonds is 2. The van der Waals surface area contributed by atoms with E-state index in [1.54, 1.807) is 5.57 Å². The largest absolute Gasteiger partial charge is 0.393 e. The van der Waals surface area contributed by atoms with Gasteiger partial charge in [-0.2, -0.15) is 0 Å². The Morgan fingerprint density at radius 3 is 2.42 bits per heavy atom. The van der Waals surface area contributed by atoms with Gasteiger partial charge in [-0.3, -0.25) is 0 Å². The summed E-state index contributed by atoms with van der Waals surface area (Å²) >= 11 is 0. The van der Waals surface area contributed by atoms with Crippen LogP contribution in [0.5, 0.6) is 0 Å². The van der Waals surface area contributed by atoms with Crippen molar-refractivity contribution >= 4 is 0 Å². The van der Waals surface area contributed by atoms with Gasteiger partial charge in [0.15, 0.2) is 6.29 Å². The molecule has 3 nitrogen and oxygen atoms in total. The normalized spacial score (nSPS) is 53.0. The van der Waals surface area contributed by atoms with Crippen molar-refractivity contribution in [1.82, 2.24) is 0 Å². The molecule has 1 aliphatic heterocycles. The smallest absolute Gasteiger partial charge is 0.158 e. The fraction of sp³-hybridized carbons (Fsp3) is 0.867. The van der Waals surface area contributed by atoms with Crippen LogP contribution in [0.15, 0.2) is 23.3 Å². The minimum absolute atomic E-state index is 0.0138. The first kappa shape index (κ1) is 24.1. The number of hydrogen-bond acceptors (Lipinski definition) is 3. The summed E-state index contributed by atoms with van der Waals surface area (Å²) in [5.74, 6) is 1.96. The molecule has 4 fully saturated rings. The van der Waals surface area contributed by atoms with Crippen LogP contribution in [0.3, 0.4) is 0 Å². The number of ether oxygens (including phenoxy) is 1. The summed E-state index contributed by atoms with van der Waals surface area (Å²) in [6.07, 6.45) is 13.2. The van der Waals surface area contributed by atoms with E-state index in [1.165, 1.54) is 31.3 Å². The third-order valence-electron chi connectivity index (χ3n) is 12.1. The molecule has 186 valence electrons. The lowest BCUT2D eigenvalue weighted by Crippen LogP contribution is -2.58. The SMILES string of the molecule is CC(C)=C[C@H]1C[C@@H]([C@@H]2CC[C@]3(C)C4=CC[C@H]5C(C)(C)[C@@H](O)CC[C@]5(C)[C@H]4CC[C@@]23C)[C@H](O)O1. The van der Waals surface area contributed by atoms with Gasteiger partial charge in [0.2, 0.25) is 0 Å². The molecule has 33 heavy (non-hydrogen) atoms. The first-order valence-corrected chi connectivity index (χ1v) is 13.7. The Morgan fingerprint density at radius 2 is 1.73 bits per heavy atom. The van der Waals surface area contributed by atoms with E-state index in [2.05, 4.69) is 60.6 Å². The van der Waals surface area contributed by atoms with Crippen LogP contribution in [0.2, 0.25) is 0 Å². The van der Waals surface area contributed by atoms with Crippen LogP contribution in [0.25, 0.3) is 0 Å². The molecule has 5 aliphatic rings. The van der Waals surface area contributed by atoms with Crippen LogP contribution >= 0.6 is 0 Å². The zero-order valence-electron chi connectivity index (χ0n) is 22.2. The Hall–Kier alpha value is -0.640. The minimum Gasteiger partial charge on any atom is -0.393 e. The van der Waals surface area contributed by atoms with Crippen molar-refractivity contribution in [2.75, 3.05) is 0 Å². The van der Waals surface area contributed by atoms with E-state index in [1.807, 2.05) is 0 Å². The lowest BCUT2D eigenvalue weighted by molar-refractivity contribution is -0.140. The highest BCUT2D eigenvalue weighted by atomic mass is 16.6. The average Bonchev–Trinajstić information content (AvgIpc) is 3.20. The van der Waals surface area contributed by atoms with Gasteiger partial charge in [-0.25, -0.2) is 0 Å². The molecule has 3 saturated carbocycles. The van der Waals surface area contributed by atoms with Crippen molar-refractivity contribution in [3.8, 4) is 0 Å². The lowest BCUT2D eigenvalue weighted by Gasteiger charge is -2.64. The van der Waals surface area contributed by atoms with Crippen LogP contribution < -0.4 is 0 Å².